The van der Waals surface area contributed by atoms with Crippen LogP contribution in [0.2, 0.25) is 0 Å². The lowest BCUT2D eigenvalue weighted by molar-refractivity contribution is -0.137. The van der Waals surface area contributed by atoms with Crippen molar-refractivity contribution in [2.24, 2.45) is 0 Å². The second kappa shape index (κ2) is 5.70. The van der Waals surface area contributed by atoms with Gasteiger partial charge in [-0.05, 0) is 12.8 Å². The molecule has 0 aliphatic heterocycles. The van der Waals surface area contributed by atoms with Gasteiger partial charge in [-0.1, -0.05) is 0 Å². The van der Waals surface area contributed by atoms with Gasteiger partial charge in [0.15, 0.2) is 0 Å². The third-order valence-corrected chi connectivity index (χ3v) is 2.74. The van der Waals surface area contributed by atoms with Crippen LogP contribution in [0.25, 0.3) is 0 Å². The van der Waals surface area contributed by atoms with E-state index >= 15 is 0 Å². The predicted octanol–water partition coefficient (Wildman–Crippen LogP) is -0.325. The number of carboxylic acids is 1. The summed E-state index contributed by atoms with van der Waals surface area (Å²) < 4.78 is 0. The first kappa shape index (κ1) is 14.3. The summed E-state index contributed by atoms with van der Waals surface area (Å²) in [6.45, 7) is -0.362. The standard InChI is InChI=1S/C11H19N3O4/c1-12(2)9(15)6-13(3)11(18)14(7-10(16)17)8-4-5-8/h8H,4-7H2,1-3H3,(H,16,17). The second-order valence-electron chi connectivity index (χ2n) is 4.68. The summed E-state index contributed by atoms with van der Waals surface area (Å²) in [5.74, 6) is -1.24. The van der Waals surface area contributed by atoms with E-state index in [1.807, 2.05) is 0 Å². The first-order valence-electron chi connectivity index (χ1n) is 5.76. The van der Waals surface area contributed by atoms with Crippen molar-refractivity contribution in [3.05, 3.63) is 0 Å². The zero-order valence-corrected chi connectivity index (χ0v) is 10.9. The van der Waals surface area contributed by atoms with Crippen LogP contribution < -0.4 is 0 Å². The lowest BCUT2D eigenvalue weighted by Crippen LogP contribution is -2.47. The van der Waals surface area contributed by atoms with Crippen molar-refractivity contribution in [2.45, 2.75) is 18.9 Å². The van der Waals surface area contributed by atoms with Crippen molar-refractivity contribution in [2.75, 3.05) is 34.2 Å². The molecule has 0 saturated heterocycles. The van der Waals surface area contributed by atoms with Crippen LogP contribution in [0.3, 0.4) is 0 Å². The molecule has 0 heterocycles. The first-order valence-corrected chi connectivity index (χ1v) is 5.76. The number of hydrogen-bond acceptors (Lipinski definition) is 3. The Morgan fingerprint density at radius 1 is 1.11 bits per heavy atom. The summed E-state index contributed by atoms with van der Waals surface area (Å²) in [5.41, 5.74) is 0. The minimum absolute atomic E-state index is 0.00510. The fourth-order valence-corrected chi connectivity index (χ4v) is 1.52. The van der Waals surface area contributed by atoms with Gasteiger partial charge in [0.2, 0.25) is 5.91 Å². The Hall–Kier alpha value is -1.79. The molecule has 1 aliphatic rings. The van der Waals surface area contributed by atoms with Crippen molar-refractivity contribution >= 4 is 17.9 Å². The summed E-state index contributed by atoms with van der Waals surface area (Å²) in [5, 5.41) is 8.77. The molecule has 102 valence electrons. The molecule has 0 aromatic heterocycles. The summed E-state index contributed by atoms with van der Waals surface area (Å²) in [6.07, 6.45) is 1.66. The van der Waals surface area contributed by atoms with Crippen LogP contribution in [0, 0.1) is 0 Å². The van der Waals surface area contributed by atoms with E-state index < -0.39 is 12.0 Å². The maximum Gasteiger partial charge on any atom is 0.323 e. The molecule has 3 amide bonds. The Kier molecular flexibility index (Phi) is 4.52. The molecule has 0 radical (unpaired) electrons. The molecule has 1 N–H and O–H groups in total. The summed E-state index contributed by atoms with van der Waals surface area (Å²) >= 11 is 0. The number of nitrogens with zero attached hydrogens (tertiary/aromatic N) is 3. The third kappa shape index (κ3) is 3.90. The van der Waals surface area contributed by atoms with Gasteiger partial charge in [-0.2, -0.15) is 0 Å². The average Bonchev–Trinajstić information content (AvgIpc) is 3.08. The topological polar surface area (TPSA) is 81.2 Å². The number of carboxylic acid groups (broad SMARTS) is 1. The monoisotopic (exact) mass is 257 g/mol. The van der Waals surface area contributed by atoms with Crippen LogP contribution in [0.1, 0.15) is 12.8 Å². The molecule has 1 saturated carbocycles. The van der Waals surface area contributed by atoms with Crippen molar-refractivity contribution in [3.63, 3.8) is 0 Å². The van der Waals surface area contributed by atoms with Crippen molar-refractivity contribution in [1.82, 2.24) is 14.7 Å². The third-order valence-electron chi connectivity index (χ3n) is 2.74. The molecule has 7 heteroatoms. The van der Waals surface area contributed by atoms with Gasteiger partial charge in [-0.3, -0.25) is 9.59 Å². The molecule has 0 atom stereocenters. The number of carbonyl (C=O) groups excluding carboxylic acids is 2. The minimum atomic E-state index is -1.04. The van der Waals surface area contributed by atoms with Crippen LogP contribution in [0.5, 0.6) is 0 Å². The van der Waals surface area contributed by atoms with Gasteiger partial charge in [0, 0.05) is 27.2 Å². The quantitative estimate of drug-likeness (QED) is 0.731. The zero-order chi connectivity index (χ0) is 13.9. The Labute approximate surface area is 106 Å². The van der Waals surface area contributed by atoms with E-state index in [0.717, 1.165) is 12.8 Å². The lowest BCUT2D eigenvalue weighted by Gasteiger charge is -2.27. The maximum atomic E-state index is 12.0. The fraction of sp³-hybridized carbons (Fsp3) is 0.727. The Bertz CT molecular complexity index is 352. The first-order chi connectivity index (χ1) is 8.32. The van der Waals surface area contributed by atoms with E-state index in [2.05, 4.69) is 0 Å². The van der Waals surface area contributed by atoms with Crippen LogP contribution >= 0.6 is 0 Å². The van der Waals surface area contributed by atoms with Gasteiger partial charge in [-0.25, -0.2) is 4.79 Å². The van der Waals surface area contributed by atoms with Gasteiger partial charge in [0.25, 0.3) is 0 Å². The van der Waals surface area contributed by atoms with Crippen LogP contribution in [-0.2, 0) is 9.59 Å². The van der Waals surface area contributed by atoms with E-state index in [0.29, 0.717) is 0 Å². The van der Waals surface area contributed by atoms with Crippen LogP contribution in [0.15, 0.2) is 0 Å². The highest BCUT2D eigenvalue weighted by Crippen LogP contribution is 2.27. The molecule has 0 bridgehead atoms. The number of amides is 3. The lowest BCUT2D eigenvalue weighted by atomic mass is 10.4. The normalized spacial score (nSPS) is 13.9. The Morgan fingerprint density at radius 3 is 2.06 bits per heavy atom. The van der Waals surface area contributed by atoms with Gasteiger partial charge in [-0.15, -0.1) is 0 Å². The number of rotatable bonds is 5. The highest BCUT2D eigenvalue weighted by Gasteiger charge is 2.35. The molecular weight excluding hydrogens is 238 g/mol. The van der Waals surface area contributed by atoms with Crippen molar-refractivity contribution in [1.29, 1.82) is 0 Å². The second-order valence-corrected chi connectivity index (χ2v) is 4.68. The van der Waals surface area contributed by atoms with E-state index in [4.69, 9.17) is 5.11 Å². The van der Waals surface area contributed by atoms with Crippen molar-refractivity contribution in [3.8, 4) is 0 Å². The fourth-order valence-electron chi connectivity index (χ4n) is 1.52. The summed E-state index contributed by atoms with van der Waals surface area (Å²) in [4.78, 5) is 38.2. The van der Waals surface area contributed by atoms with Gasteiger partial charge in [0.05, 0.1) is 0 Å². The smallest absolute Gasteiger partial charge is 0.323 e. The highest BCUT2D eigenvalue weighted by atomic mass is 16.4. The van der Waals surface area contributed by atoms with Gasteiger partial charge in [0.1, 0.15) is 13.1 Å². The van der Waals surface area contributed by atoms with E-state index in [-0.39, 0.29) is 25.0 Å². The Morgan fingerprint density at radius 2 is 1.67 bits per heavy atom. The summed E-state index contributed by atoms with van der Waals surface area (Å²) in [6, 6.07) is -0.402. The molecule has 7 nitrogen and oxygen atoms in total. The SMILES string of the molecule is CN(C)C(=O)CN(C)C(=O)N(CC(=O)O)C1CC1. The molecule has 0 aromatic rings. The number of urea groups is 1. The average molecular weight is 257 g/mol. The predicted molar refractivity (Wildman–Crippen MR) is 64.1 cm³/mol. The molecule has 0 aromatic carbocycles. The molecule has 1 rings (SSSR count). The molecule has 0 spiro atoms. The molecule has 1 fully saturated rings. The highest BCUT2D eigenvalue weighted by molar-refractivity contribution is 5.85. The van der Waals surface area contributed by atoms with E-state index in [9.17, 15) is 14.4 Å². The van der Waals surface area contributed by atoms with Crippen molar-refractivity contribution < 1.29 is 19.5 Å². The Balaban J connectivity index is 2.59. The number of hydrogen-bond donors (Lipinski definition) is 1. The number of carbonyl (C=O) groups is 3. The van der Waals surface area contributed by atoms with Gasteiger partial charge < -0.3 is 19.8 Å². The maximum absolute atomic E-state index is 12.0. The summed E-state index contributed by atoms with van der Waals surface area (Å²) in [7, 11) is 4.72. The molecule has 1 aliphatic carbocycles. The molecular formula is C11H19N3O4. The van der Waals surface area contributed by atoms with E-state index in [1.54, 1.807) is 14.1 Å². The minimum Gasteiger partial charge on any atom is -0.480 e. The number of likely N-dealkylation sites (N-methyl/N-ethyl adjacent to an activating group) is 2. The largest absolute Gasteiger partial charge is 0.480 e. The van der Waals surface area contributed by atoms with Crippen LogP contribution in [0.4, 0.5) is 4.79 Å². The van der Waals surface area contributed by atoms with E-state index in [1.165, 1.54) is 21.7 Å². The van der Waals surface area contributed by atoms with Gasteiger partial charge >= 0.3 is 12.0 Å². The molecule has 0 unspecified atom stereocenters. The number of aliphatic carboxylic acids is 1. The van der Waals surface area contributed by atoms with Crippen LogP contribution in [-0.4, -0.2) is 78.0 Å². The molecule has 18 heavy (non-hydrogen) atoms. The zero-order valence-electron chi connectivity index (χ0n) is 10.9.